The molecule has 1 heterocycles. The molecule has 5 heteroatoms. The third kappa shape index (κ3) is 3.64. The van der Waals surface area contributed by atoms with Crippen LogP contribution in [0.1, 0.15) is 32.0 Å². The van der Waals surface area contributed by atoms with Crippen molar-refractivity contribution >= 4 is 15.9 Å². The van der Waals surface area contributed by atoms with E-state index in [2.05, 4.69) is 71.4 Å². The molecule has 0 saturated carbocycles. The molecule has 1 aromatic heterocycles. The van der Waals surface area contributed by atoms with E-state index in [0.717, 1.165) is 22.4 Å². The van der Waals surface area contributed by atoms with Crippen LogP contribution < -0.4 is 5.32 Å². The molecule has 2 aromatic rings. The van der Waals surface area contributed by atoms with Gasteiger partial charge in [-0.05, 0) is 61.3 Å². The fourth-order valence-corrected chi connectivity index (χ4v) is 2.13. The number of benzene rings is 1. The van der Waals surface area contributed by atoms with Gasteiger partial charge in [0.1, 0.15) is 0 Å². The maximum Gasteiger partial charge on any atom is 0.0811 e. The molecular formula is C14H19BrN4. The quantitative estimate of drug-likeness (QED) is 0.943. The van der Waals surface area contributed by atoms with Crippen molar-refractivity contribution in [2.24, 2.45) is 0 Å². The van der Waals surface area contributed by atoms with Gasteiger partial charge in [-0.1, -0.05) is 11.3 Å². The normalized spacial score (nSPS) is 11.8. The average Bonchev–Trinajstić information content (AvgIpc) is 2.77. The summed E-state index contributed by atoms with van der Waals surface area (Å²) in [5.41, 5.74) is 3.33. The molecule has 0 spiro atoms. The number of hydrogen-bond donors (Lipinski definition) is 1. The Balaban J connectivity index is 2.31. The SMILES string of the molecule is Cc1ccc(Br)c(-n2nncc2CNC(C)(C)C)c1. The summed E-state index contributed by atoms with van der Waals surface area (Å²) >= 11 is 3.57. The van der Waals surface area contributed by atoms with Crippen LogP contribution in [-0.2, 0) is 6.54 Å². The fourth-order valence-electron chi connectivity index (χ4n) is 1.72. The summed E-state index contributed by atoms with van der Waals surface area (Å²) in [5.74, 6) is 0. The number of aryl methyl sites for hydroxylation is 1. The lowest BCUT2D eigenvalue weighted by molar-refractivity contribution is 0.418. The Morgan fingerprint density at radius 1 is 1.32 bits per heavy atom. The van der Waals surface area contributed by atoms with Crippen LogP contribution in [0.15, 0.2) is 28.9 Å². The number of halogens is 1. The van der Waals surface area contributed by atoms with Gasteiger partial charge < -0.3 is 5.32 Å². The Labute approximate surface area is 122 Å². The Morgan fingerprint density at radius 3 is 2.74 bits per heavy atom. The molecule has 0 fully saturated rings. The fraction of sp³-hybridized carbons (Fsp3) is 0.429. The highest BCUT2D eigenvalue weighted by Crippen LogP contribution is 2.22. The second-order valence-electron chi connectivity index (χ2n) is 5.70. The minimum absolute atomic E-state index is 0.0684. The van der Waals surface area contributed by atoms with Crippen molar-refractivity contribution in [3.05, 3.63) is 40.1 Å². The molecular weight excluding hydrogens is 304 g/mol. The Hall–Kier alpha value is -1.20. The minimum Gasteiger partial charge on any atom is -0.306 e. The smallest absolute Gasteiger partial charge is 0.0811 e. The third-order valence-corrected chi connectivity index (χ3v) is 3.42. The lowest BCUT2D eigenvalue weighted by Crippen LogP contribution is -2.35. The maximum atomic E-state index is 4.19. The maximum absolute atomic E-state index is 4.19. The van der Waals surface area contributed by atoms with Gasteiger partial charge in [-0.25, -0.2) is 4.68 Å². The van der Waals surface area contributed by atoms with Gasteiger partial charge in [-0.15, -0.1) is 5.10 Å². The van der Waals surface area contributed by atoms with Gasteiger partial charge >= 0.3 is 0 Å². The molecule has 19 heavy (non-hydrogen) atoms. The van der Waals surface area contributed by atoms with E-state index in [1.165, 1.54) is 5.56 Å². The summed E-state index contributed by atoms with van der Waals surface area (Å²) in [7, 11) is 0. The highest BCUT2D eigenvalue weighted by molar-refractivity contribution is 9.10. The van der Waals surface area contributed by atoms with Gasteiger partial charge in [0.2, 0.25) is 0 Å². The van der Waals surface area contributed by atoms with Gasteiger partial charge in [0.25, 0.3) is 0 Å². The molecule has 0 bridgehead atoms. The van der Waals surface area contributed by atoms with Gasteiger partial charge in [-0.2, -0.15) is 0 Å². The van der Waals surface area contributed by atoms with E-state index < -0.39 is 0 Å². The summed E-state index contributed by atoms with van der Waals surface area (Å²) in [6.07, 6.45) is 1.80. The summed E-state index contributed by atoms with van der Waals surface area (Å²) < 4.78 is 2.89. The molecule has 4 nitrogen and oxygen atoms in total. The topological polar surface area (TPSA) is 42.7 Å². The lowest BCUT2D eigenvalue weighted by atomic mass is 10.1. The molecule has 0 aliphatic carbocycles. The first-order valence-electron chi connectivity index (χ1n) is 6.28. The highest BCUT2D eigenvalue weighted by Gasteiger charge is 2.13. The van der Waals surface area contributed by atoms with E-state index in [1.54, 1.807) is 6.20 Å². The molecule has 1 aromatic carbocycles. The molecule has 0 saturated heterocycles. The second kappa shape index (κ2) is 5.43. The van der Waals surface area contributed by atoms with Crippen LogP contribution in [-0.4, -0.2) is 20.5 Å². The van der Waals surface area contributed by atoms with Crippen molar-refractivity contribution in [1.82, 2.24) is 20.3 Å². The monoisotopic (exact) mass is 322 g/mol. The van der Waals surface area contributed by atoms with Gasteiger partial charge in [-0.3, -0.25) is 0 Å². The molecule has 0 atom stereocenters. The minimum atomic E-state index is 0.0684. The van der Waals surface area contributed by atoms with Crippen LogP contribution in [0, 0.1) is 6.92 Å². The van der Waals surface area contributed by atoms with E-state index in [1.807, 2.05) is 10.7 Å². The molecule has 102 valence electrons. The number of rotatable bonds is 3. The largest absolute Gasteiger partial charge is 0.306 e. The van der Waals surface area contributed by atoms with Crippen LogP contribution in [0.3, 0.4) is 0 Å². The van der Waals surface area contributed by atoms with E-state index in [0.29, 0.717) is 0 Å². The summed E-state index contributed by atoms with van der Waals surface area (Å²) in [6, 6.07) is 6.20. The highest BCUT2D eigenvalue weighted by atomic mass is 79.9. The van der Waals surface area contributed by atoms with Crippen molar-refractivity contribution in [3.8, 4) is 5.69 Å². The first-order chi connectivity index (χ1) is 8.87. The van der Waals surface area contributed by atoms with Gasteiger partial charge in [0.15, 0.2) is 0 Å². The van der Waals surface area contributed by atoms with Crippen LogP contribution in [0.2, 0.25) is 0 Å². The predicted molar refractivity (Wildman–Crippen MR) is 80.4 cm³/mol. The Kier molecular flexibility index (Phi) is 4.06. The first kappa shape index (κ1) is 14.2. The van der Waals surface area contributed by atoms with Gasteiger partial charge in [0.05, 0.1) is 17.6 Å². The van der Waals surface area contributed by atoms with E-state index in [4.69, 9.17) is 0 Å². The van der Waals surface area contributed by atoms with Crippen LogP contribution >= 0.6 is 15.9 Å². The van der Waals surface area contributed by atoms with Crippen LogP contribution in [0.25, 0.3) is 5.69 Å². The van der Waals surface area contributed by atoms with E-state index in [-0.39, 0.29) is 5.54 Å². The molecule has 0 aliphatic heterocycles. The second-order valence-corrected chi connectivity index (χ2v) is 6.55. The Bertz CT molecular complexity index is 569. The van der Waals surface area contributed by atoms with E-state index >= 15 is 0 Å². The molecule has 1 N–H and O–H groups in total. The lowest BCUT2D eigenvalue weighted by Gasteiger charge is -2.20. The molecule has 0 amide bonds. The van der Waals surface area contributed by atoms with Gasteiger partial charge in [0, 0.05) is 16.6 Å². The number of nitrogens with one attached hydrogen (secondary N) is 1. The Morgan fingerprint density at radius 2 is 2.05 bits per heavy atom. The van der Waals surface area contributed by atoms with Crippen molar-refractivity contribution < 1.29 is 0 Å². The van der Waals surface area contributed by atoms with Crippen molar-refractivity contribution in [3.63, 3.8) is 0 Å². The molecule has 0 aliphatic rings. The molecule has 2 rings (SSSR count). The van der Waals surface area contributed by atoms with E-state index in [9.17, 15) is 0 Å². The zero-order valence-corrected chi connectivity index (χ0v) is 13.3. The third-order valence-electron chi connectivity index (χ3n) is 2.75. The van der Waals surface area contributed by atoms with Crippen molar-refractivity contribution in [1.29, 1.82) is 0 Å². The van der Waals surface area contributed by atoms with Crippen LogP contribution in [0.5, 0.6) is 0 Å². The van der Waals surface area contributed by atoms with Crippen molar-refractivity contribution in [2.45, 2.75) is 39.8 Å². The zero-order chi connectivity index (χ0) is 14.0. The zero-order valence-electron chi connectivity index (χ0n) is 11.7. The van der Waals surface area contributed by atoms with Crippen molar-refractivity contribution in [2.75, 3.05) is 0 Å². The number of nitrogens with zero attached hydrogens (tertiary/aromatic N) is 3. The number of aromatic nitrogens is 3. The number of hydrogen-bond acceptors (Lipinski definition) is 3. The summed E-state index contributed by atoms with van der Waals surface area (Å²) in [5, 5.41) is 11.7. The summed E-state index contributed by atoms with van der Waals surface area (Å²) in [4.78, 5) is 0. The molecule has 0 radical (unpaired) electrons. The van der Waals surface area contributed by atoms with Crippen LogP contribution in [0.4, 0.5) is 0 Å². The summed E-state index contributed by atoms with van der Waals surface area (Å²) in [6.45, 7) is 9.23. The standard InChI is InChI=1S/C14H19BrN4/c1-10-5-6-12(15)13(7-10)19-11(9-17-18-19)8-16-14(2,3)4/h5-7,9,16H,8H2,1-4H3. The average molecular weight is 323 g/mol. The first-order valence-corrected chi connectivity index (χ1v) is 7.07. The predicted octanol–water partition coefficient (Wildman–Crippen LogP) is 3.23. The molecule has 0 unspecified atom stereocenters.